The van der Waals surface area contributed by atoms with Gasteiger partial charge in [-0.25, -0.2) is 0 Å². The van der Waals surface area contributed by atoms with Gasteiger partial charge in [0.1, 0.15) is 0 Å². The van der Waals surface area contributed by atoms with Crippen LogP contribution in [0.1, 0.15) is 47.5 Å². The van der Waals surface area contributed by atoms with Crippen molar-refractivity contribution in [2.45, 2.75) is 47.5 Å². The Labute approximate surface area is 71.4 Å². The summed E-state index contributed by atoms with van der Waals surface area (Å²) in [7, 11) is 0. The molecular weight excluding hydrogens is 132 g/mol. The van der Waals surface area contributed by atoms with Gasteiger partial charge in [-0.1, -0.05) is 47.5 Å². The quantitative estimate of drug-likeness (QED) is 0.581. The van der Waals surface area contributed by atoms with E-state index >= 15 is 0 Å². The molecule has 0 bridgehead atoms. The Balaban J connectivity index is 2.48. The maximum atomic E-state index is 2.46. The fourth-order valence-electron chi connectivity index (χ4n) is 2.66. The van der Waals surface area contributed by atoms with Crippen molar-refractivity contribution >= 4 is 0 Å². The summed E-state index contributed by atoms with van der Waals surface area (Å²) in [5.74, 6) is 2.85. The zero-order chi connectivity index (χ0) is 8.65. The minimum Gasteiger partial charge on any atom is -0.0654 e. The Morgan fingerprint density at radius 2 is 1.73 bits per heavy atom. The molecule has 66 valence electrons. The van der Waals surface area contributed by atoms with Crippen molar-refractivity contribution in [3.05, 3.63) is 0 Å². The molecule has 1 aliphatic carbocycles. The highest BCUT2D eigenvalue weighted by Crippen LogP contribution is 2.63. The second-order valence-electron chi connectivity index (χ2n) is 4.63. The lowest BCUT2D eigenvalue weighted by Crippen LogP contribution is -2.11. The Morgan fingerprint density at radius 1 is 1.27 bits per heavy atom. The van der Waals surface area contributed by atoms with Crippen LogP contribution in [0.5, 0.6) is 0 Å². The van der Waals surface area contributed by atoms with Gasteiger partial charge in [0.05, 0.1) is 0 Å². The first-order valence-electron chi connectivity index (χ1n) is 5.05. The lowest BCUT2D eigenvalue weighted by molar-refractivity contribution is 0.299. The van der Waals surface area contributed by atoms with E-state index in [9.17, 15) is 0 Å². The van der Waals surface area contributed by atoms with E-state index in [4.69, 9.17) is 0 Å². The van der Waals surface area contributed by atoms with Gasteiger partial charge in [0.2, 0.25) is 0 Å². The summed E-state index contributed by atoms with van der Waals surface area (Å²) in [4.78, 5) is 0. The predicted molar refractivity (Wildman–Crippen MR) is 50.5 cm³/mol. The summed E-state index contributed by atoms with van der Waals surface area (Å²) in [6.45, 7) is 12.0. The molecular formula is C11H22. The molecule has 0 spiro atoms. The third-order valence-electron chi connectivity index (χ3n) is 4.39. The molecule has 0 nitrogen and oxygen atoms in total. The predicted octanol–water partition coefficient (Wildman–Crippen LogP) is 3.71. The van der Waals surface area contributed by atoms with Gasteiger partial charge in [-0.2, -0.15) is 0 Å². The zero-order valence-electron chi connectivity index (χ0n) is 8.65. The topological polar surface area (TPSA) is 0 Å². The van der Waals surface area contributed by atoms with Crippen molar-refractivity contribution in [2.75, 3.05) is 0 Å². The van der Waals surface area contributed by atoms with Crippen LogP contribution in [0.15, 0.2) is 0 Å². The fraction of sp³-hybridized carbons (Fsp3) is 1.00. The van der Waals surface area contributed by atoms with E-state index in [0.717, 1.165) is 17.8 Å². The van der Waals surface area contributed by atoms with Gasteiger partial charge in [-0.15, -0.1) is 0 Å². The van der Waals surface area contributed by atoms with Crippen LogP contribution >= 0.6 is 0 Å². The normalized spacial score (nSPS) is 45.5. The molecule has 0 aromatic heterocycles. The SMILES string of the molecule is CCCC(C)C1(C)C(C)C1C. The molecule has 1 rings (SSSR count). The van der Waals surface area contributed by atoms with Crippen molar-refractivity contribution < 1.29 is 0 Å². The molecule has 1 saturated carbocycles. The highest BCUT2D eigenvalue weighted by atomic mass is 14.6. The Hall–Kier alpha value is 0. The number of hydrogen-bond donors (Lipinski definition) is 0. The highest BCUT2D eigenvalue weighted by molar-refractivity contribution is 5.05. The average molecular weight is 154 g/mol. The molecule has 3 atom stereocenters. The fourth-order valence-corrected chi connectivity index (χ4v) is 2.66. The third-order valence-corrected chi connectivity index (χ3v) is 4.39. The number of hydrogen-bond acceptors (Lipinski definition) is 0. The highest BCUT2D eigenvalue weighted by Gasteiger charge is 2.57. The number of rotatable bonds is 3. The van der Waals surface area contributed by atoms with Crippen molar-refractivity contribution in [1.82, 2.24) is 0 Å². The smallest absolute Gasteiger partial charge is 0.0243 e. The Bertz CT molecular complexity index is 129. The summed E-state index contributed by atoms with van der Waals surface area (Å²) in [6.07, 6.45) is 2.75. The molecule has 0 heterocycles. The first-order chi connectivity index (χ1) is 5.05. The molecule has 1 fully saturated rings. The average Bonchev–Trinajstić information content (AvgIpc) is 2.43. The minimum atomic E-state index is 0.677. The van der Waals surface area contributed by atoms with Gasteiger partial charge in [0, 0.05) is 0 Å². The van der Waals surface area contributed by atoms with Crippen LogP contribution in [0, 0.1) is 23.2 Å². The van der Waals surface area contributed by atoms with Crippen LogP contribution in [-0.2, 0) is 0 Å². The largest absolute Gasteiger partial charge is 0.0654 e. The first-order valence-corrected chi connectivity index (χ1v) is 5.05. The van der Waals surface area contributed by atoms with Crippen molar-refractivity contribution in [1.29, 1.82) is 0 Å². The van der Waals surface area contributed by atoms with Crippen LogP contribution in [0.2, 0.25) is 0 Å². The molecule has 0 N–H and O–H groups in total. The summed E-state index contributed by atoms with van der Waals surface area (Å²) in [5, 5.41) is 0. The standard InChI is InChI=1S/C11H22/c1-6-7-8(2)11(5)9(3)10(11)4/h8-10H,6-7H2,1-5H3. The second kappa shape index (κ2) is 2.80. The summed E-state index contributed by atoms with van der Waals surface area (Å²) >= 11 is 0. The van der Waals surface area contributed by atoms with Crippen LogP contribution < -0.4 is 0 Å². The van der Waals surface area contributed by atoms with Gasteiger partial charge in [-0.3, -0.25) is 0 Å². The molecule has 0 amide bonds. The lowest BCUT2D eigenvalue weighted by atomic mass is 9.86. The maximum absolute atomic E-state index is 2.46. The zero-order valence-corrected chi connectivity index (χ0v) is 8.65. The molecule has 3 unspecified atom stereocenters. The van der Waals surface area contributed by atoms with Crippen molar-refractivity contribution in [3.63, 3.8) is 0 Å². The maximum Gasteiger partial charge on any atom is -0.0243 e. The van der Waals surface area contributed by atoms with Gasteiger partial charge in [0.15, 0.2) is 0 Å². The van der Waals surface area contributed by atoms with E-state index in [-0.39, 0.29) is 0 Å². The van der Waals surface area contributed by atoms with E-state index in [0.29, 0.717) is 5.41 Å². The van der Waals surface area contributed by atoms with Gasteiger partial charge in [-0.05, 0) is 23.2 Å². The van der Waals surface area contributed by atoms with Crippen molar-refractivity contribution in [3.8, 4) is 0 Å². The lowest BCUT2D eigenvalue weighted by Gasteiger charge is -2.19. The van der Waals surface area contributed by atoms with E-state index < -0.39 is 0 Å². The van der Waals surface area contributed by atoms with E-state index in [2.05, 4.69) is 34.6 Å². The van der Waals surface area contributed by atoms with Gasteiger partial charge < -0.3 is 0 Å². The molecule has 0 heteroatoms. The van der Waals surface area contributed by atoms with Crippen LogP contribution in [-0.4, -0.2) is 0 Å². The van der Waals surface area contributed by atoms with Crippen LogP contribution in [0.25, 0.3) is 0 Å². The monoisotopic (exact) mass is 154 g/mol. The molecule has 0 aromatic rings. The second-order valence-corrected chi connectivity index (χ2v) is 4.63. The Kier molecular flexibility index (Phi) is 2.32. The third kappa shape index (κ3) is 1.21. The summed E-state index contributed by atoms with van der Waals surface area (Å²) in [5.41, 5.74) is 0.677. The van der Waals surface area contributed by atoms with E-state index in [1.54, 1.807) is 0 Å². The first kappa shape index (κ1) is 9.09. The van der Waals surface area contributed by atoms with E-state index in [1.807, 2.05) is 0 Å². The molecule has 0 aliphatic heterocycles. The van der Waals surface area contributed by atoms with E-state index in [1.165, 1.54) is 12.8 Å². The van der Waals surface area contributed by atoms with Crippen LogP contribution in [0.4, 0.5) is 0 Å². The Morgan fingerprint density at radius 3 is 2.00 bits per heavy atom. The molecule has 0 radical (unpaired) electrons. The van der Waals surface area contributed by atoms with Crippen LogP contribution in [0.3, 0.4) is 0 Å². The summed E-state index contributed by atoms with van der Waals surface area (Å²) in [6, 6.07) is 0. The molecule has 1 aliphatic rings. The summed E-state index contributed by atoms with van der Waals surface area (Å²) < 4.78 is 0. The minimum absolute atomic E-state index is 0.677. The molecule has 0 aromatic carbocycles. The molecule has 11 heavy (non-hydrogen) atoms. The van der Waals surface area contributed by atoms with Gasteiger partial charge in [0.25, 0.3) is 0 Å². The molecule has 0 saturated heterocycles. The van der Waals surface area contributed by atoms with Gasteiger partial charge >= 0.3 is 0 Å². The van der Waals surface area contributed by atoms with Crippen molar-refractivity contribution in [2.24, 2.45) is 23.2 Å².